The van der Waals surface area contributed by atoms with E-state index < -0.39 is 8.07 Å². The van der Waals surface area contributed by atoms with Gasteiger partial charge in [0.25, 0.3) is 0 Å². The summed E-state index contributed by atoms with van der Waals surface area (Å²) in [5, 5.41) is 0. The minimum absolute atomic E-state index is 0.227. The van der Waals surface area contributed by atoms with Gasteiger partial charge in [0.15, 0.2) is 5.78 Å². The molecule has 0 fully saturated rings. The normalized spacial score (nSPS) is 19.4. The smallest absolute Gasteiger partial charge is 0.156 e. The van der Waals surface area contributed by atoms with Crippen molar-refractivity contribution in [3.8, 4) is 11.5 Å². The quantitative estimate of drug-likeness (QED) is 0.426. The lowest BCUT2D eigenvalue weighted by atomic mass is 9.84. The zero-order valence-corrected chi connectivity index (χ0v) is 12.7. The fourth-order valence-electron chi connectivity index (χ4n) is 1.92. The van der Waals surface area contributed by atoms with Crippen molar-refractivity contribution >= 4 is 13.9 Å². The molecular weight excluding hydrogens is 236 g/mol. The Hall–Kier alpha value is -1.29. The summed E-state index contributed by atoms with van der Waals surface area (Å²) in [7, 11) is -1.37. The van der Waals surface area contributed by atoms with Crippen LogP contribution in [-0.4, -0.2) is 13.9 Å². The maximum absolute atomic E-state index is 11.5. The summed E-state index contributed by atoms with van der Waals surface area (Å²) in [5.41, 5.74) is 7.21. The number of hydrogen-bond donors (Lipinski definition) is 0. The molecule has 0 spiro atoms. The third-order valence-corrected chi connectivity index (χ3v) is 3.76. The molecule has 1 aliphatic rings. The Kier molecular flexibility index (Phi) is 5.41. The highest BCUT2D eigenvalue weighted by Crippen LogP contribution is 2.27. The van der Waals surface area contributed by atoms with E-state index >= 15 is 0 Å². The van der Waals surface area contributed by atoms with Gasteiger partial charge >= 0.3 is 0 Å². The molecule has 0 N–H and O–H groups in total. The summed E-state index contributed by atoms with van der Waals surface area (Å²) < 4.78 is 0. The Morgan fingerprint density at radius 3 is 2.83 bits per heavy atom. The first-order valence-electron chi connectivity index (χ1n) is 6.54. The van der Waals surface area contributed by atoms with Crippen LogP contribution < -0.4 is 0 Å². The molecule has 1 rings (SSSR count). The molecule has 2 heteroatoms. The van der Waals surface area contributed by atoms with E-state index in [9.17, 15) is 4.79 Å². The van der Waals surface area contributed by atoms with Crippen LogP contribution in [0, 0.1) is 17.4 Å². The maximum Gasteiger partial charge on any atom is 0.156 e. The molecule has 1 nitrogen and oxygen atoms in total. The Balaban J connectivity index is 2.82. The fraction of sp³-hybridized carbons (Fsp3) is 0.500. The Morgan fingerprint density at radius 2 is 2.22 bits per heavy atom. The predicted octanol–water partition coefficient (Wildman–Crippen LogP) is 3.89. The summed E-state index contributed by atoms with van der Waals surface area (Å²) >= 11 is 0. The zero-order valence-electron chi connectivity index (χ0n) is 11.7. The van der Waals surface area contributed by atoms with Gasteiger partial charge in [-0.1, -0.05) is 32.1 Å². The molecule has 96 valence electrons. The lowest BCUT2D eigenvalue weighted by Crippen LogP contribution is -2.18. The maximum atomic E-state index is 11.5. The lowest BCUT2D eigenvalue weighted by molar-refractivity contribution is -0.115. The van der Waals surface area contributed by atoms with Crippen molar-refractivity contribution in [1.29, 1.82) is 0 Å². The van der Waals surface area contributed by atoms with Gasteiger partial charge in [0.2, 0.25) is 0 Å². The number of carbonyl (C=O) groups is 1. The summed E-state index contributed by atoms with van der Waals surface area (Å²) in [6, 6.07) is 0. The number of allylic oxidation sites excluding steroid dienone is 3. The summed E-state index contributed by atoms with van der Waals surface area (Å²) in [4.78, 5) is 11.5. The molecule has 0 aliphatic heterocycles. The third-order valence-electron chi connectivity index (χ3n) is 2.88. The van der Waals surface area contributed by atoms with Crippen LogP contribution in [0.15, 0.2) is 30.0 Å². The van der Waals surface area contributed by atoms with Crippen molar-refractivity contribution in [1.82, 2.24) is 0 Å². The Morgan fingerprint density at radius 1 is 1.50 bits per heavy atom. The van der Waals surface area contributed by atoms with Crippen LogP contribution in [0.3, 0.4) is 0 Å². The molecule has 0 amide bonds. The van der Waals surface area contributed by atoms with Crippen LogP contribution in [-0.2, 0) is 4.79 Å². The van der Waals surface area contributed by atoms with Gasteiger partial charge in [-0.05, 0) is 37.3 Å². The van der Waals surface area contributed by atoms with Crippen molar-refractivity contribution in [2.45, 2.75) is 45.3 Å². The minimum Gasteiger partial charge on any atom is -0.295 e. The molecule has 0 aromatic rings. The average molecular weight is 258 g/mol. The van der Waals surface area contributed by atoms with Crippen LogP contribution >= 0.6 is 0 Å². The van der Waals surface area contributed by atoms with Gasteiger partial charge in [0.1, 0.15) is 8.07 Å². The molecule has 0 heterocycles. The molecule has 1 atom stereocenters. The van der Waals surface area contributed by atoms with Crippen molar-refractivity contribution in [2.75, 3.05) is 0 Å². The monoisotopic (exact) mass is 258 g/mol. The highest BCUT2D eigenvalue weighted by molar-refractivity contribution is 6.83. The van der Waals surface area contributed by atoms with Gasteiger partial charge in [-0.15, -0.1) is 11.3 Å². The van der Waals surface area contributed by atoms with E-state index in [1.165, 1.54) is 0 Å². The van der Waals surface area contributed by atoms with E-state index in [-0.39, 0.29) is 5.78 Å². The van der Waals surface area contributed by atoms with Crippen molar-refractivity contribution in [3.05, 3.63) is 30.0 Å². The second-order valence-corrected chi connectivity index (χ2v) is 10.5. The predicted molar refractivity (Wildman–Crippen MR) is 79.9 cm³/mol. The Labute approximate surface area is 112 Å². The molecule has 0 aromatic carbocycles. The van der Waals surface area contributed by atoms with Gasteiger partial charge in [-0.25, -0.2) is 0 Å². The topological polar surface area (TPSA) is 17.1 Å². The van der Waals surface area contributed by atoms with E-state index in [0.717, 1.165) is 24.8 Å². The van der Waals surface area contributed by atoms with Gasteiger partial charge in [-0.3, -0.25) is 4.79 Å². The van der Waals surface area contributed by atoms with Gasteiger partial charge in [0, 0.05) is 12.0 Å². The molecule has 0 saturated heterocycles. The minimum atomic E-state index is -1.37. The number of carbonyl (C=O) groups excluding carboxylic acids is 1. The van der Waals surface area contributed by atoms with Crippen molar-refractivity contribution < 1.29 is 4.79 Å². The number of rotatable bonds is 3. The van der Waals surface area contributed by atoms with Crippen molar-refractivity contribution in [3.63, 3.8) is 0 Å². The van der Waals surface area contributed by atoms with E-state index in [0.29, 0.717) is 12.3 Å². The average Bonchev–Trinajstić information content (AvgIpc) is 2.28. The first-order chi connectivity index (χ1) is 8.42. The largest absolute Gasteiger partial charge is 0.295 e. The van der Waals surface area contributed by atoms with Crippen molar-refractivity contribution in [2.24, 2.45) is 5.92 Å². The van der Waals surface area contributed by atoms with Crippen LogP contribution in [0.1, 0.15) is 25.7 Å². The third kappa shape index (κ3) is 5.36. The molecule has 1 aliphatic carbocycles. The molecule has 18 heavy (non-hydrogen) atoms. The first kappa shape index (κ1) is 14.8. The van der Waals surface area contributed by atoms with Crippen LogP contribution in [0.25, 0.3) is 0 Å². The van der Waals surface area contributed by atoms with E-state index in [1.54, 1.807) is 6.08 Å². The van der Waals surface area contributed by atoms with E-state index in [1.807, 2.05) is 6.08 Å². The van der Waals surface area contributed by atoms with Gasteiger partial charge in [-0.2, -0.15) is 0 Å². The molecular formula is C16H22OSi. The SMILES string of the molecule is C=C=CCCC1CCC(=O)C=C1C#C[Si](C)(C)C. The number of hydrogen-bond acceptors (Lipinski definition) is 1. The van der Waals surface area contributed by atoms with Crippen LogP contribution in [0.2, 0.25) is 19.6 Å². The second-order valence-electron chi connectivity index (χ2n) is 5.79. The number of ketones is 1. The standard InChI is InChI=1S/C16H22OSi/c1-5-6-7-8-14-9-10-16(17)13-15(14)11-12-18(2,3)4/h6,13-14H,1,7-10H2,2-4H3. The summed E-state index contributed by atoms with van der Waals surface area (Å²) in [5.74, 6) is 3.94. The molecule has 0 bridgehead atoms. The highest BCUT2D eigenvalue weighted by atomic mass is 28.3. The summed E-state index contributed by atoms with van der Waals surface area (Å²) in [6.45, 7) is 10.2. The fourth-order valence-corrected chi connectivity index (χ4v) is 2.44. The molecule has 0 radical (unpaired) electrons. The molecule has 1 unspecified atom stereocenters. The zero-order chi connectivity index (χ0) is 13.6. The first-order valence-corrected chi connectivity index (χ1v) is 10.0. The van der Waals surface area contributed by atoms with E-state index in [2.05, 4.69) is 43.4 Å². The summed E-state index contributed by atoms with van der Waals surface area (Å²) in [6.07, 6.45) is 7.34. The van der Waals surface area contributed by atoms with Gasteiger partial charge < -0.3 is 0 Å². The second kappa shape index (κ2) is 6.59. The van der Waals surface area contributed by atoms with Crippen LogP contribution in [0.4, 0.5) is 0 Å². The molecule has 0 aromatic heterocycles. The van der Waals surface area contributed by atoms with Crippen LogP contribution in [0.5, 0.6) is 0 Å². The highest BCUT2D eigenvalue weighted by Gasteiger charge is 2.20. The van der Waals surface area contributed by atoms with Gasteiger partial charge in [0.05, 0.1) is 0 Å². The molecule has 0 saturated carbocycles. The lowest BCUT2D eigenvalue weighted by Gasteiger charge is -2.20. The van der Waals surface area contributed by atoms with E-state index in [4.69, 9.17) is 0 Å². The Bertz CT molecular complexity index is 448.